The Morgan fingerprint density at radius 1 is 1.30 bits per heavy atom. The third kappa shape index (κ3) is 3.22. The van der Waals surface area contributed by atoms with Crippen molar-refractivity contribution in [2.45, 2.75) is 11.5 Å². The monoisotopic (exact) mass is 427 g/mol. The van der Waals surface area contributed by atoms with Crippen LogP contribution in [0.15, 0.2) is 42.7 Å². The van der Waals surface area contributed by atoms with Crippen molar-refractivity contribution in [1.29, 1.82) is 0 Å². The molecule has 0 bridgehead atoms. The first-order valence-electron chi connectivity index (χ1n) is 5.20. The first-order valence-corrected chi connectivity index (χ1v) is 8.27. The minimum Gasteiger partial charge on any atom is -0.450 e. The second kappa shape index (κ2) is 5.84. The molecule has 0 amide bonds. The Balaban J connectivity index is 2.38. The number of rotatable bonds is 4. The van der Waals surface area contributed by atoms with E-state index >= 15 is 0 Å². The van der Waals surface area contributed by atoms with E-state index in [0.29, 0.717) is 0 Å². The molecule has 5 nitrogen and oxygen atoms in total. The highest BCUT2D eigenvalue weighted by molar-refractivity contribution is 9.10. The average molecular weight is 429 g/mol. The molecule has 0 aliphatic rings. The zero-order valence-electron chi connectivity index (χ0n) is 9.73. The smallest absolute Gasteiger partial charge is 0.266 e. The lowest BCUT2D eigenvalue weighted by Crippen LogP contribution is -2.13. The quantitative estimate of drug-likeness (QED) is 0.783. The average Bonchev–Trinajstić information content (AvgIpc) is 2.75. The largest absolute Gasteiger partial charge is 0.450 e. The minimum atomic E-state index is -3.92. The zero-order chi connectivity index (χ0) is 14.9. The van der Waals surface area contributed by atoms with E-state index in [1.54, 1.807) is 0 Å². The lowest BCUT2D eigenvalue weighted by Gasteiger charge is -2.08. The van der Waals surface area contributed by atoms with Crippen molar-refractivity contribution < 1.29 is 22.3 Å². The van der Waals surface area contributed by atoms with Crippen LogP contribution in [0.4, 0.5) is 10.1 Å². The summed E-state index contributed by atoms with van der Waals surface area (Å²) in [5.74, 6) is -0.387. The molecular formula is C11H8Br2FNO4S. The summed E-state index contributed by atoms with van der Waals surface area (Å²) in [7, 11) is -3.92. The van der Waals surface area contributed by atoms with E-state index in [1.165, 1.54) is 12.1 Å². The van der Waals surface area contributed by atoms with Gasteiger partial charge in [0.25, 0.3) is 10.0 Å². The van der Waals surface area contributed by atoms with Crippen LogP contribution in [0, 0.1) is 5.82 Å². The molecule has 0 fully saturated rings. The van der Waals surface area contributed by atoms with Gasteiger partial charge >= 0.3 is 0 Å². The van der Waals surface area contributed by atoms with Crippen LogP contribution >= 0.6 is 31.9 Å². The number of aliphatic hydroxyl groups is 1. The molecule has 108 valence electrons. The molecular weight excluding hydrogens is 421 g/mol. The number of sulfonamides is 1. The number of hydrogen-bond acceptors (Lipinski definition) is 4. The molecule has 0 spiro atoms. The van der Waals surface area contributed by atoms with Gasteiger partial charge in [0.05, 0.1) is 5.69 Å². The van der Waals surface area contributed by atoms with Crippen LogP contribution in [0.2, 0.25) is 0 Å². The van der Waals surface area contributed by atoms with Crippen molar-refractivity contribution in [2.75, 3.05) is 4.72 Å². The van der Waals surface area contributed by atoms with E-state index < -0.39 is 22.4 Å². The predicted molar refractivity (Wildman–Crippen MR) is 77.2 cm³/mol. The van der Waals surface area contributed by atoms with Crippen molar-refractivity contribution in [3.63, 3.8) is 0 Å². The highest BCUT2D eigenvalue weighted by Crippen LogP contribution is 2.30. The van der Waals surface area contributed by atoms with E-state index in [0.717, 1.165) is 12.1 Å². The molecule has 0 unspecified atom stereocenters. The lowest BCUT2D eigenvalue weighted by molar-refractivity contribution is 0.245. The summed E-state index contributed by atoms with van der Waals surface area (Å²) in [6.45, 7) is -0.422. The number of halogens is 3. The van der Waals surface area contributed by atoms with Gasteiger partial charge in [0.15, 0.2) is 4.67 Å². The summed E-state index contributed by atoms with van der Waals surface area (Å²) in [5.41, 5.74) is 0.185. The number of hydrogen-bond donors (Lipinski definition) is 2. The summed E-state index contributed by atoms with van der Waals surface area (Å²) >= 11 is 6.04. The maximum absolute atomic E-state index is 13.0. The molecule has 1 aromatic carbocycles. The molecule has 2 N–H and O–H groups in total. The van der Waals surface area contributed by atoms with Gasteiger partial charge in [-0.25, -0.2) is 12.8 Å². The van der Waals surface area contributed by atoms with Crippen LogP contribution in [-0.2, 0) is 16.6 Å². The maximum Gasteiger partial charge on any atom is 0.266 e. The molecule has 0 radical (unpaired) electrons. The summed E-state index contributed by atoms with van der Waals surface area (Å²) < 4.78 is 44.9. The number of furan rings is 1. The van der Waals surface area contributed by atoms with Crippen LogP contribution in [0.25, 0.3) is 0 Å². The number of aliphatic hydroxyl groups excluding tert-OH is 1. The Labute approximate surface area is 131 Å². The Morgan fingerprint density at radius 3 is 2.55 bits per heavy atom. The van der Waals surface area contributed by atoms with Crippen molar-refractivity contribution in [3.05, 3.63) is 45.0 Å². The standard InChI is InChI=1S/C11H8Br2FNO4S/c12-8-3-6(14)1-2-9(8)15-20(17,18)10-4-7(5-16)19-11(10)13/h1-4,15-16H,5H2. The summed E-state index contributed by atoms with van der Waals surface area (Å²) in [6, 6.07) is 4.76. The normalized spacial score (nSPS) is 11.6. The molecule has 0 saturated heterocycles. The first kappa shape index (κ1) is 15.5. The van der Waals surface area contributed by atoms with Crippen molar-refractivity contribution in [3.8, 4) is 0 Å². The van der Waals surface area contributed by atoms with Gasteiger partial charge in [-0.1, -0.05) is 0 Å². The second-order valence-electron chi connectivity index (χ2n) is 3.74. The molecule has 0 atom stereocenters. The fraction of sp³-hybridized carbons (Fsp3) is 0.0909. The van der Waals surface area contributed by atoms with Crippen LogP contribution in [0.5, 0.6) is 0 Å². The lowest BCUT2D eigenvalue weighted by atomic mass is 10.3. The zero-order valence-corrected chi connectivity index (χ0v) is 13.7. The van der Waals surface area contributed by atoms with E-state index in [2.05, 4.69) is 36.6 Å². The van der Waals surface area contributed by atoms with E-state index in [4.69, 9.17) is 9.52 Å². The molecule has 2 rings (SSSR count). The SMILES string of the molecule is O=S(=O)(Nc1ccc(F)cc1Br)c1cc(CO)oc1Br. The van der Waals surface area contributed by atoms with Gasteiger partial charge in [0, 0.05) is 10.5 Å². The van der Waals surface area contributed by atoms with Crippen LogP contribution in [0.3, 0.4) is 0 Å². The Hall–Kier alpha value is -0.900. The Bertz CT molecular complexity index is 745. The van der Waals surface area contributed by atoms with Crippen molar-refractivity contribution in [1.82, 2.24) is 0 Å². The number of benzene rings is 1. The minimum absolute atomic E-state index is 0.0210. The van der Waals surface area contributed by atoms with Gasteiger partial charge < -0.3 is 9.52 Å². The van der Waals surface area contributed by atoms with Gasteiger partial charge in [-0.05, 0) is 50.1 Å². The molecule has 2 aromatic rings. The van der Waals surface area contributed by atoms with E-state index in [1.807, 2.05) is 0 Å². The highest BCUT2D eigenvalue weighted by atomic mass is 79.9. The van der Waals surface area contributed by atoms with Gasteiger partial charge in [0.2, 0.25) is 0 Å². The second-order valence-corrected chi connectivity index (χ2v) is 6.96. The van der Waals surface area contributed by atoms with Crippen molar-refractivity contribution in [2.24, 2.45) is 0 Å². The fourth-order valence-electron chi connectivity index (χ4n) is 1.43. The van der Waals surface area contributed by atoms with Crippen molar-refractivity contribution >= 4 is 47.6 Å². The molecule has 0 aliphatic carbocycles. The topological polar surface area (TPSA) is 79.5 Å². The van der Waals surface area contributed by atoms with Crippen LogP contribution in [0.1, 0.15) is 5.76 Å². The van der Waals surface area contributed by atoms with Gasteiger partial charge in [-0.15, -0.1) is 0 Å². The van der Waals surface area contributed by atoms with Crippen LogP contribution in [-0.4, -0.2) is 13.5 Å². The molecule has 20 heavy (non-hydrogen) atoms. The van der Waals surface area contributed by atoms with E-state index in [-0.39, 0.29) is 25.5 Å². The number of nitrogens with one attached hydrogen (secondary N) is 1. The van der Waals surface area contributed by atoms with E-state index in [9.17, 15) is 12.8 Å². The van der Waals surface area contributed by atoms with Gasteiger partial charge in [0.1, 0.15) is 23.1 Å². The molecule has 1 heterocycles. The molecule has 0 aliphatic heterocycles. The number of anilines is 1. The highest BCUT2D eigenvalue weighted by Gasteiger charge is 2.23. The molecule has 1 aromatic heterocycles. The predicted octanol–water partition coefficient (Wildman–Crippen LogP) is 3.24. The Morgan fingerprint density at radius 2 is 2.00 bits per heavy atom. The Kier molecular flexibility index (Phi) is 4.52. The summed E-state index contributed by atoms with van der Waals surface area (Å²) in [5, 5.41) is 8.93. The third-order valence-corrected chi connectivity index (χ3v) is 5.21. The molecule has 9 heteroatoms. The third-order valence-electron chi connectivity index (χ3n) is 2.33. The summed E-state index contributed by atoms with van der Waals surface area (Å²) in [6.07, 6.45) is 0. The first-order chi connectivity index (χ1) is 9.33. The van der Waals surface area contributed by atoms with Crippen LogP contribution < -0.4 is 4.72 Å². The molecule has 0 saturated carbocycles. The summed E-state index contributed by atoms with van der Waals surface area (Å²) in [4.78, 5) is -0.155. The maximum atomic E-state index is 13.0. The van der Waals surface area contributed by atoms with Gasteiger partial charge in [-0.3, -0.25) is 4.72 Å². The van der Waals surface area contributed by atoms with Gasteiger partial charge in [-0.2, -0.15) is 0 Å². The fourth-order valence-corrected chi connectivity index (χ4v) is 4.09.